The standard InChI is InChI=1S/C34H45Cl2FN4/c1-25(41-23-29-32(24-41)39-34(38)40-33(29)28-21-20-27(35)22-30(28)36)16-12-10-8-6-4-2-3-5-7-9-11-13-17-26-18-14-15-19-31(26)37/h14-15,18-22,25H,2-13,16-17,23-24H2,1H3,(H2,38,39,40). The van der Waals surface area contributed by atoms with Gasteiger partial charge in [0.2, 0.25) is 5.95 Å². The summed E-state index contributed by atoms with van der Waals surface area (Å²) in [5.41, 5.74) is 10.7. The highest BCUT2D eigenvalue weighted by Gasteiger charge is 2.28. The van der Waals surface area contributed by atoms with E-state index in [9.17, 15) is 4.39 Å². The largest absolute Gasteiger partial charge is 0.368 e. The number of benzene rings is 2. The fraction of sp³-hybridized carbons (Fsp3) is 0.529. The van der Waals surface area contributed by atoms with Gasteiger partial charge in [-0.3, -0.25) is 4.90 Å². The second-order valence-corrected chi connectivity index (χ2v) is 12.5. The van der Waals surface area contributed by atoms with Crippen LogP contribution in [0.1, 0.15) is 107 Å². The van der Waals surface area contributed by atoms with Crippen LogP contribution in [0.4, 0.5) is 10.3 Å². The summed E-state index contributed by atoms with van der Waals surface area (Å²) in [6, 6.07) is 13.1. The van der Waals surface area contributed by atoms with Crippen molar-refractivity contribution in [3.8, 4) is 11.3 Å². The second kappa shape index (κ2) is 16.4. The van der Waals surface area contributed by atoms with Crippen molar-refractivity contribution in [3.63, 3.8) is 0 Å². The van der Waals surface area contributed by atoms with Gasteiger partial charge < -0.3 is 5.73 Å². The Balaban J connectivity index is 1.04. The van der Waals surface area contributed by atoms with E-state index >= 15 is 0 Å². The van der Waals surface area contributed by atoms with Crippen molar-refractivity contribution in [2.45, 2.75) is 116 Å². The van der Waals surface area contributed by atoms with Crippen LogP contribution in [0.5, 0.6) is 0 Å². The van der Waals surface area contributed by atoms with E-state index in [1.54, 1.807) is 18.2 Å². The molecule has 41 heavy (non-hydrogen) atoms. The Labute approximate surface area is 255 Å². The number of hydrogen-bond donors (Lipinski definition) is 1. The van der Waals surface area contributed by atoms with Crippen molar-refractivity contribution in [3.05, 3.63) is 75.1 Å². The lowest BCUT2D eigenvalue weighted by atomic mass is 10.0. The summed E-state index contributed by atoms with van der Waals surface area (Å²) < 4.78 is 13.7. The number of aryl methyl sites for hydroxylation is 1. The van der Waals surface area contributed by atoms with Crippen LogP contribution in [0.3, 0.4) is 0 Å². The molecule has 2 heterocycles. The Bertz CT molecular complexity index is 1250. The highest BCUT2D eigenvalue weighted by atomic mass is 35.5. The molecule has 1 unspecified atom stereocenters. The maximum atomic E-state index is 13.7. The lowest BCUT2D eigenvalue weighted by Gasteiger charge is -2.23. The molecular formula is C34H45Cl2FN4. The molecule has 0 amide bonds. The number of halogens is 3. The molecule has 0 saturated carbocycles. The Kier molecular flexibility index (Phi) is 12.7. The van der Waals surface area contributed by atoms with Crippen LogP contribution in [-0.2, 0) is 19.5 Å². The number of aromatic nitrogens is 2. The molecule has 0 fully saturated rings. The number of nitrogens with zero attached hydrogens (tertiary/aromatic N) is 3. The quantitative estimate of drug-likeness (QED) is 0.157. The lowest BCUT2D eigenvalue weighted by Crippen LogP contribution is -2.27. The van der Waals surface area contributed by atoms with E-state index < -0.39 is 0 Å². The van der Waals surface area contributed by atoms with Crippen molar-refractivity contribution < 1.29 is 4.39 Å². The molecule has 0 aliphatic carbocycles. The Morgan fingerprint density at radius 1 is 0.829 bits per heavy atom. The molecule has 0 spiro atoms. The topological polar surface area (TPSA) is 55.0 Å². The van der Waals surface area contributed by atoms with Crippen LogP contribution in [0, 0.1) is 5.82 Å². The van der Waals surface area contributed by atoms with E-state index in [4.69, 9.17) is 28.9 Å². The third-order valence-electron chi connectivity index (χ3n) is 8.41. The first-order chi connectivity index (χ1) is 19.9. The monoisotopic (exact) mass is 598 g/mol. The number of nitrogens with two attached hydrogens (primary N) is 1. The summed E-state index contributed by atoms with van der Waals surface area (Å²) in [4.78, 5) is 11.6. The Morgan fingerprint density at radius 2 is 1.46 bits per heavy atom. The van der Waals surface area contributed by atoms with Gasteiger partial charge in [0.15, 0.2) is 0 Å². The fourth-order valence-electron chi connectivity index (χ4n) is 5.92. The molecule has 4 rings (SSSR count). The van der Waals surface area contributed by atoms with Crippen LogP contribution in [0.25, 0.3) is 11.3 Å². The van der Waals surface area contributed by atoms with E-state index in [1.807, 2.05) is 24.3 Å². The van der Waals surface area contributed by atoms with E-state index in [-0.39, 0.29) is 11.8 Å². The van der Waals surface area contributed by atoms with E-state index in [1.165, 1.54) is 77.0 Å². The van der Waals surface area contributed by atoms with Crippen molar-refractivity contribution in [1.82, 2.24) is 14.9 Å². The summed E-state index contributed by atoms with van der Waals surface area (Å²) in [5.74, 6) is 0.229. The fourth-order valence-corrected chi connectivity index (χ4v) is 6.42. The molecule has 2 aromatic carbocycles. The number of rotatable bonds is 17. The van der Waals surface area contributed by atoms with E-state index in [0.717, 1.165) is 54.0 Å². The first-order valence-electron chi connectivity index (χ1n) is 15.5. The molecule has 0 saturated heterocycles. The van der Waals surface area contributed by atoms with Crippen molar-refractivity contribution in [1.29, 1.82) is 0 Å². The summed E-state index contributed by atoms with van der Waals surface area (Å²) in [7, 11) is 0. The SMILES string of the molecule is CC(CCCCCCCCCCCCCCc1ccccc1F)N1Cc2nc(N)nc(-c3ccc(Cl)cc3Cl)c2C1. The molecule has 0 bridgehead atoms. The average molecular weight is 600 g/mol. The second-order valence-electron chi connectivity index (χ2n) is 11.6. The van der Waals surface area contributed by atoms with Gasteiger partial charge in [-0.25, -0.2) is 14.4 Å². The predicted octanol–water partition coefficient (Wildman–Crippen LogP) is 10.2. The molecule has 1 atom stereocenters. The predicted molar refractivity (Wildman–Crippen MR) is 171 cm³/mol. The van der Waals surface area contributed by atoms with Gasteiger partial charge in [-0.1, -0.05) is 112 Å². The highest BCUT2D eigenvalue weighted by Crippen LogP contribution is 2.36. The number of anilines is 1. The van der Waals surface area contributed by atoms with Gasteiger partial charge in [0.05, 0.1) is 16.4 Å². The van der Waals surface area contributed by atoms with Crippen LogP contribution in [-0.4, -0.2) is 20.9 Å². The minimum Gasteiger partial charge on any atom is -0.368 e. The maximum Gasteiger partial charge on any atom is 0.220 e. The number of nitrogen functional groups attached to an aromatic ring is 1. The molecule has 1 aliphatic rings. The third-order valence-corrected chi connectivity index (χ3v) is 8.96. The van der Waals surface area contributed by atoms with Gasteiger partial charge in [0.25, 0.3) is 0 Å². The normalized spacial score (nSPS) is 14.0. The Morgan fingerprint density at radius 3 is 2.12 bits per heavy atom. The van der Waals surface area contributed by atoms with Crippen LogP contribution < -0.4 is 5.73 Å². The average Bonchev–Trinajstić information content (AvgIpc) is 3.38. The molecule has 4 nitrogen and oxygen atoms in total. The van der Waals surface area contributed by atoms with Crippen LogP contribution in [0.2, 0.25) is 10.0 Å². The molecule has 1 aromatic heterocycles. The molecule has 222 valence electrons. The van der Waals surface area contributed by atoms with Crippen molar-refractivity contribution in [2.24, 2.45) is 0 Å². The van der Waals surface area contributed by atoms with Gasteiger partial charge in [-0.05, 0) is 56.0 Å². The van der Waals surface area contributed by atoms with Crippen molar-refractivity contribution in [2.75, 3.05) is 5.73 Å². The zero-order valence-electron chi connectivity index (χ0n) is 24.5. The van der Waals surface area contributed by atoms with Crippen molar-refractivity contribution >= 4 is 29.2 Å². The zero-order valence-corrected chi connectivity index (χ0v) is 26.0. The molecule has 7 heteroatoms. The van der Waals surface area contributed by atoms with E-state index in [2.05, 4.69) is 21.8 Å². The van der Waals surface area contributed by atoms with Crippen LogP contribution in [0.15, 0.2) is 42.5 Å². The molecule has 3 aromatic rings. The zero-order chi connectivity index (χ0) is 29.0. The summed E-state index contributed by atoms with van der Waals surface area (Å²) in [6.07, 6.45) is 17.5. The Hall–Kier alpha value is -2.21. The first-order valence-corrected chi connectivity index (χ1v) is 16.3. The van der Waals surface area contributed by atoms with Gasteiger partial charge in [-0.15, -0.1) is 0 Å². The van der Waals surface area contributed by atoms with Crippen LogP contribution >= 0.6 is 23.2 Å². The smallest absolute Gasteiger partial charge is 0.220 e. The lowest BCUT2D eigenvalue weighted by molar-refractivity contribution is 0.198. The first kappa shape index (κ1) is 31.7. The number of hydrogen-bond acceptors (Lipinski definition) is 4. The molecular weight excluding hydrogens is 554 g/mol. The van der Waals surface area contributed by atoms with Gasteiger partial charge in [-0.2, -0.15) is 0 Å². The molecule has 1 aliphatic heterocycles. The van der Waals surface area contributed by atoms with Gasteiger partial charge in [0.1, 0.15) is 5.82 Å². The third kappa shape index (κ3) is 9.66. The minimum atomic E-state index is -0.0590. The summed E-state index contributed by atoms with van der Waals surface area (Å²) >= 11 is 12.6. The van der Waals surface area contributed by atoms with E-state index in [0.29, 0.717) is 16.1 Å². The molecule has 0 radical (unpaired) electrons. The van der Waals surface area contributed by atoms with Gasteiger partial charge in [0, 0.05) is 35.3 Å². The van der Waals surface area contributed by atoms with Gasteiger partial charge >= 0.3 is 0 Å². The molecule has 2 N–H and O–H groups in total. The number of fused-ring (bicyclic) bond motifs is 1. The number of unbranched alkanes of at least 4 members (excludes halogenated alkanes) is 11. The highest BCUT2D eigenvalue weighted by molar-refractivity contribution is 6.36. The summed E-state index contributed by atoms with van der Waals surface area (Å²) in [6.45, 7) is 3.93. The maximum absolute atomic E-state index is 13.7. The summed E-state index contributed by atoms with van der Waals surface area (Å²) in [5, 5.41) is 1.19. The minimum absolute atomic E-state index is 0.0590.